The summed E-state index contributed by atoms with van der Waals surface area (Å²) in [7, 11) is -4.49. The molecule has 296 valence electrons. The van der Waals surface area contributed by atoms with E-state index in [0.717, 1.165) is 39.0 Å². The Kier molecular flexibility index (Phi) is 16.4. The maximum atomic E-state index is 12.6. The van der Waals surface area contributed by atoms with E-state index in [-0.39, 0.29) is 46.1 Å². The number of piperidine rings is 2. The molecule has 4 rings (SSSR count). The third kappa shape index (κ3) is 12.9. The van der Waals surface area contributed by atoms with E-state index >= 15 is 0 Å². The van der Waals surface area contributed by atoms with Gasteiger partial charge < -0.3 is 0 Å². The molecular weight excluding hydrogens is 685 g/mol. The van der Waals surface area contributed by atoms with Crippen molar-refractivity contribution < 1.29 is 27.9 Å². The number of likely N-dealkylation sites (tertiary alicyclic amines) is 2. The Balaban J connectivity index is 0.000000280. The van der Waals surface area contributed by atoms with Crippen molar-refractivity contribution in [2.24, 2.45) is 11.8 Å². The zero-order chi connectivity index (χ0) is 38.7. The molecule has 2 aromatic carbocycles. The predicted octanol–water partition coefficient (Wildman–Crippen LogP) is 8.39. The van der Waals surface area contributed by atoms with Crippen molar-refractivity contribution in [2.75, 3.05) is 39.4 Å². The number of hydrogen-bond acceptors (Lipinski definition) is 8. The molecule has 10 heteroatoms. The molecule has 0 amide bonds. The first kappa shape index (κ1) is 44.1. The Bertz CT molecular complexity index is 1270. The molecule has 8 nitrogen and oxygen atoms in total. The van der Waals surface area contributed by atoms with Crippen molar-refractivity contribution in [1.82, 2.24) is 9.80 Å². The van der Waals surface area contributed by atoms with Gasteiger partial charge in [-0.2, -0.15) is 0 Å². The van der Waals surface area contributed by atoms with Gasteiger partial charge in [0.2, 0.25) is 0 Å². The van der Waals surface area contributed by atoms with Crippen LogP contribution in [0, 0.1) is 11.8 Å². The molecule has 2 aromatic rings. The van der Waals surface area contributed by atoms with Gasteiger partial charge in [0.15, 0.2) is 0 Å². The Morgan fingerprint density at radius 1 is 0.615 bits per heavy atom. The Labute approximate surface area is 318 Å². The quantitative estimate of drug-likeness (QED) is 0.158. The second-order valence-corrected chi connectivity index (χ2v) is 29.3. The summed E-state index contributed by atoms with van der Waals surface area (Å²) in [5.74, 6) is -0.624. The van der Waals surface area contributed by atoms with Gasteiger partial charge in [-0.25, -0.2) is 0 Å². The molecule has 2 aliphatic rings. The van der Waals surface area contributed by atoms with E-state index in [4.69, 9.17) is 18.3 Å². The number of carbonyl (C=O) groups excluding carboxylic acids is 2. The average Bonchev–Trinajstić information content (AvgIpc) is 3.06. The van der Waals surface area contributed by atoms with Crippen molar-refractivity contribution in [3.8, 4) is 0 Å². The molecule has 0 spiro atoms. The van der Waals surface area contributed by atoms with Gasteiger partial charge >= 0.3 is 319 Å². The van der Waals surface area contributed by atoms with E-state index in [1.54, 1.807) is 0 Å². The summed E-state index contributed by atoms with van der Waals surface area (Å²) < 4.78 is 24.1. The number of carbonyl (C=O) groups is 2. The minimum atomic E-state index is -2.25. The zero-order valence-electron chi connectivity index (χ0n) is 34.7. The van der Waals surface area contributed by atoms with Gasteiger partial charge in [-0.05, 0) is 0 Å². The zero-order valence-corrected chi connectivity index (χ0v) is 37.0. The van der Waals surface area contributed by atoms with Crippen LogP contribution in [0.25, 0.3) is 0 Å². The first-order chi connectivity index (χ1) is 24.3. The van der Waals surface area contributed by atoms with Gasteiger partial charge in [0.05, 0.1) is 0 Å². The van der Waals surface area contributed by atoms with Crippen molar-refractivity contribution >= 4 is 28.6 Å². The van der Waals surface area contributed by atoms with E-state index in [9.17, 15) is 9.59 Å². The molecular formula is C42H72N2O6Si2-2. The Hall–Kier alpha value is -2.35. The van der Waals surface area contributed by atoms with E-state index in [1.807, 2.05) is 26.0 Å². The fourth-order valence-corrected chi connectivity index (χ4v) is 9.74. The number of esters is 2. The van der Waals surface area contributed by atoms with Crippen LogP contribution in [0.3, 0.4) is 0 Å². The van der Waals surface area contributed by atoms with Gasteiger partial charge in [0.1, 0.15) is 0 Å². The first-order valence-corrected chi connectivity index (χ1v) is 26.7. The molecule has 0 saturated carbocycles. The van der Waals surface area contributed by atoms with Crippen LogP contribution in [-0.2, 0) is 41.0 Å². The van der Waals surface area contributed by atoms with Crippen LogP contribution in [0.2, 0.25) is 36.3 Å². The summed E-state index contributed by atoms with van der Waals surface area (Å²) in [5, 5.41) is 0.320. The minimum absolute atomic E-state index is 0.0275. The van der Waals surface area contributed by atoms with Gasteiger partial charge in [0, 0.05) is 0 Å². The summed E-state index contributed by atoms with van der Waals surface area (Å²) in [5.41, 5.74) is 2.56. The molecule has 0 aromatic heterocycles. The number of hydrogen-bond donors (Lipinski definition) is 0. The molecule has 0 bridgehead atoms. The molecule has 2 fully saturated rings. The van der Waals surface area contributed by atoms with E-state index in [2.05, 4.69) is 126 Å². The predicted molar refractivity (Wildman–Crippen MR) is 220 cm³/mol. The van der Waals surface area contributed by atoms with Crippen LogP contribution in [0.15, 0.2) is 60.7 Å². The molecule has 52 heavy (non-hydrogen) atoms. The summed E-state index contributed by atoms with van der Waals surface area (Å²) in [4.78, 5) is 30.0. The molecule has 0 N–H and O–H groups in total. The van der Waals surface area contributed by atoms with Crippen LogP contribution in [-0.4, -0.2) is 90.0 Å². The van der Waals surface area contributed by atoms with Crippen molar-refractivity contribution in [3.05, 3.63) is 71.8 Å². The summed E-state index contributed by atoms with van der Waals surface area (Å²) >= 11 is 0. The summed E-state index contributed by atoms with van der Waals surface area (Å²) in [6.45, 7) is 32.3. The Morgan fingerprint density at radius 3 is 1.23 bits per heavy atom. The van der Waals surface area contributed by atoms with Crippen LogP contribution >= 0.6 is 0 Å². The summed E-state index contributed by atoms with van der Waals surface area (Å²) in [6.07, 6.45) is 1.71. The monoisotopic (exact) mass is 756 g/mol. The fraction of sp³-hybridized carbons (Fsp3) is 0.667. The van der Waals surface area contributed by atoms with E-state index < -0.39 is 16.6 Å². The van der Waals surface area contributed by atoms with E-state index in [0.29, 0.717) is 26.3 Å². The number of benzene rings is 2. The van der Waals surface area contributed by atoms with Gasteiger partial charge in [-0.3, -0.25) is 0 Å². The SMILES string of the molecule is CCOC(=O)[C@@H]1CN(Cc2ccccc2)CC[C@H]1O[SiH-](C)(C)C(C)(C)C.CCOC(=O)[C@H]1CN(Cc2ccccc2)CC[C@@H]1O[SiH-](C)(C)C(C)(C)C. The van der Waals surface area contributed by atoms with Crippen LogP contribution in [0.4, 0.5) is 0 Å². The second kappa shape index (κ2) is 19.3. The topological polar surface area (TPSA) is 77.5 Å². The van der Waals surface area contributed by atoms with E-state index in [1.165, 1.54) is 11.1 Å². The van der Waals surface area contributed by atoms with Gasteiger partial charge in [0.25, 0.3) is 0 Å². The van der Waals surface area contributed by atoms with Crippen LogP contribution < -0.4 is 0 Å². The second-order valence-electron chi connectivity index (χ2n) is 18.3. The third-order valence-corrected chi connectivity index (χ3v) is 22.5. The fourth-order valence-electron chi connectivity index (χ4n) is 6.53. The molecule has 4 atom stereocenters. The van der Waals surface area contributed by atoms with Crippen molar-refractivity contribution in [1.29, 1.82) is 0 Å². The van der Waals surface area contributed by atoms with Crippen LogP contribution in [0.5, 0.6) is 0 Å². The van der Waals surface area contributed by atoms with Gasteiger partial charge in [-0.1, -0.05) is 0 Å². The molecule has 0 aliphatic carbocycles. The maximum absolute atomic E-state index is 12.6. The standard InChI is InChI=1S/2C21H36NO3Si/c2*1-7-24-20(23)18-16-22(15-17-11-9-8-10-12-17)14-13-19(18)25-26(5,6)21(2,3)4/h2*8-12,18-19,26H,7,13-16H2,1-6H3/q2*-1/t2*18-,19-/m10/s1. The number of nitrogens with zero attached hydrogens (tertiary/aromatic N) is 2. The number of ether oxygens (including phenoxy) is 2. The molecule has 2 saturated heterocycles. The first-order valence-electron chi connectivity index (χ1n) is 19.9. The third-order valence-electron chi connectivity index (χ3n) is 12.1. The van der Waals surface area contributed by atoms with Crippen molar-refractivity contribution in [2.45, 2.75) is 130 Å². The van der Waals surface area contributed by atoms with Gasteiger partial charge in [-0.15, -0.1) is 0 Å². The van der Waals surface area contributed by atoms with Crippen molar-refractivity contribution in [3.63, 3.8) is 0 Å². The molecule has 0 radical (unpaired) electrons. The summed E-state index contributed by atoms with van der Waals surface area (Å²) in [6, 6.07) is 20.9. The molecule has 0 unspecified atom stereocenters. The van der Waals surface area contributed by atoms with Crippen LogP contribution in [0.1, 0.15) is 79.4 Å². The average molecular weight is 757 g/mol. The normalized spacial score (nSPS) is 22.8. The molecule has 2 heterocycles. The molecule has 2 aliphatic heterocycles. The number of rotatable bonds is 12. The Morgan fingerprint density at radius 2 is 0.942 bits per heavy atom.